The number of aryl methyl sites for hydroxylation is 1. The first kappa shape index (κ1) is 25.6. The Hall–Kier alpha value is -1.42. The highest BCUT2D eigenvalue weighted by Gasteiger charge is 2.33. The van der Waals surface area contributed by atoms with Crippen molar-refractivity contribution in [2.75, 3.05) is 38.7 Å². The van der Waals surface area contributed by atoms with Crippen LogP contribution >= 0.6 is 24.0 Å². The first-order valence-electron chi connectivity index (χ1n) is 10.3. The summed E-state index contributed by atoms with van der Waals surface area (Å²) in [5.74, 6) is 1.30. The zero-order chi connectivity index (χ0) is 20.2. The van der Waals surface area contributed by atoms with Crippen molar-refractivity contribution in [3.63, 3.8) is 0 Å². The van der Waals surface area contributed by atoms with Crippen molar-refractivity contribution in [2.45, 2.75) is 52.4 Å². The molecule has 0 bridgehead atoms. The Kier molecular flexibility index (Phi) is 12.1. The van der Waals surface area contributed by atoms with Crippen molar-refractivity contribution >= 4 is 41.7 Å². The molecule has 0 aromatic carbocycles. The van der Waals surface area contributed by atoms with E-state index in [0.29, 0.717) is 18.8 Å². The minimum Gasteiger partial charge on any atom is -0.385 e. The lowest BCUT2D eigenvalue weighted by atomic mass is 9.83. The Morgan fingerprint density at radius 3 is 2.69 bits per heavy atom. The molecule has 2 rings (SSSR count). The number of hydrogen-bond acceptors (Lipinski definition) is 4. The summed E-state index contributed by atoms with van der Waals surface area (Å²) in [7, 11) is 1.76. The quantitative estimate of drug-likeness (QED) is 0.251. The van der Waals surface area contributed by atoms with Crippen molar-refractivity contribution in [3.05, 3.63) is 23.9 Å². The maximum Gasteiger partial charge on any atom is 0.227 e. The number of nitrogens with zero attached hydrogens (tertiary/aromatic N) is 2. The van der Waals surface area contributed by atoms with Crippen LogP contribution in [0.15, 0.2) is 23.2 Å². The molecule has 164 valence electrons. The number of aromatic nitrogens is 1. The predicted molar refractivity (Wildman–Crippen MR) is 129 cm³/mol. The molecule has 0 saturated heterocycles. The van der Waals surface area contributed by atoms with Gasteiger partial charge in [-0.1, -0.05) is 18.9 Å². The number of amides is 1. The molecular weight excluding hydrogens is 481 g/mol. The number of ether oxygens (including phenoxy) is 1. The van der Waals surface area contributed by atoms with Gasteiger partial charge in [0.1, 0.15) is 5.82 Å². The van der Waals surface area contributed by atoms with Gasteiger partial charge in [-0.05, 0) is 50.7 Å². The molecule has 3 N–H and O–H groups in total. The van der Waals surface area contributed by atoms with Crippen molar-refractivity contribution < 1.29 is 9.53 Å². The average molecular weight is 517 g/mol. The number of carbonyl (C=O) groups is 1. The van der Waals surface area contributed by atoms with Crippen LogP contribution in [-0.4, -0.2) is 50.2 Å². The second-order valence-corrected chi connectivity index (χ2v) is 7.53. The van der Waals surface area contributed by atoms with E-state index < -0.39 is 0 Å². The van der Waals surface area contributed by atoms with Gasteiger partial charge in [0.05, 0.1) is 0 Å². The molecule has 0 aliphatic heterocycles. The number of anilines is 1. The summed E-state index contributed by atoms with van der Waals surface area (Å²) in [5.41, 5.74) is 1.14. The van der Waals surface area contributed by atoms with E-state index in [1.54, 1.807) is 13.2 Å². The molecule has 1 fully saturated rings. The largest absolute Gasteiger partial charge is 0.385 e. The molecule has 1 aliphatic rings. The Morgan fingerprint density at radius 1 is 1.28 bits per heavy atom. The average Bonchev–Trinajstić information content (AvgIpc) is 3.14. The van der Waals surface area contributed by atoms with Crippen LogP contribution < -0.4 is 16.0 Å². The van der Waals surface area contributed by atoms with Gasteiger partial charge >= 0.3 is 0 Å². The molecule has 8 heteroatoms. The predicted octanol–water partition coefficient (Wildman–Crippen LogP) is 3.49. The van der Waals surface area contributed by atoms with Gasteiger partial charge in [0.15, 0.2) is 5.96 Å². The van der Waals surface area contributed by atoms with Gasteiger partial charge in [-0.15, -0.1) is 24.0 Å². The molecule has 1 heterocycles. The number of halogens is 1. The number of nitrogens with one attached hydrogen (secondary N) is 3. The normalized spacial score (nSPS) is 15.5. The summed E-state index contributed by atoms with van der Waals surface area (Å²) < 4.78 is 5.30. The van der Waals surface area contributed by atoms with Crippen molar-refractivity contribution in [1.29, 1.82) is 0 Å². The van der Waals surface area contributed by atoms with E-state index in [2.05, 4.69) is 20.9 Å². The molecular formula is C21H36IN5O2. The highest BCUT2D eigenvalue weighted by atomic mass is 127. The molecule has 7 nitrogen and oxygen atoms in total. The minimum atomic E-state index is -0.0613. The van der Waals surface area contributed by atoms with Gasteiger partial charge in [0.25, 0.3) is 0 Å². The Morgan fingerprint density at radius 2 is 2.03 bits per heavy atom. The van der Waals surface area contributed by atoms with Crippen LogP contribution in [0.4, 0.5) is 5.82 Å². The third-order valence-corrected chi connectivity index (χ3v) is 5.22. The molecule has 29 heavy (non-hydrogen) atoms. The van der Waals surface area contributed by atoms with Crippen LogP contribution in [0, 0.1) is 12.3 Å². The summed E-state index contributed by atoms with van der Waals surface area (Å²) in [6.45, 7) is 6.84. The third kappa shape index (κ3) is 9.29. The highest BCUT2D eigenvalue weighted by Crippen LogP contribution is 2.41. The van der Waals surface area contributed by atoms with Crippen molar-refractivity contribution in [1.82, 2.24) is 15.6 Å². The van der Waals surface area contributed by atoms with E-state index in [1.807, 2.05) is 26.0 Å². The lowest BCUT2D eigenvalue weighted by Gasteiger charge is -2.27. The molecule has 0 spiro atoms. The first-order chi connectivity index (χ1) is 13.6. The highest BCUT2D eigenvalue weighted by molar-refractivity contribution is 14.0. The Bertz CT molecular complexity index is 648. The van der Waals surface area contributed by atoms with Crippen molar-refractivity contribution in [2.24, 2.45) is 10.4 Å². The second-order valence-electron chi connectivity index (χ2n) is 7.53. The fraction of sp³-hybridized carbons (Fsp3) is 0.667. The summed E-state index contributed by atoms with van der Waals surface area (Å²) in [4.78, 5) is 21.2. The maximum absolute atomic E-state index is 12.1. The molecule has 1 amide bonds. The van der Waals surface area contributed by atoms with Crippen LogP contribution in [0.3, 0.4) is 0 Å². The molecule has 0 atom stereocenters. The summed E-state index contributed by atoms with van der Waals surface area (Å²) in [6, 6.07) is 5.58. The van der Waals surface area contributed by atoms with Crippen LogP contribution in [0.5, 0.6) is 0 Å². The summed E-state index contributed by atoms with van der Waals surface area (Å²) in [5, 5.41) is 9.38. The van der Waals surface area contributed by atoms with Crippen LogP contribution in [0.25, 0.3) is 0 Å². The number of carbonyl (C=O) groups excluding carboxylic acids is 1. The van der Waals surface area contributed by atoms with E-state index in [9.17, 15) is 4.79 Å². The molecule has 0 radical (unpaired) electrons. The lowest BCUT2D eigenvalue weighted by molar-refractivity contribution is -0.116. The van der Waals surface area contributed by atoms with Crippen LogP contribution in [-0.2, 0) is 9.53 Å². The molecule has 1 aliphatic carbocycles. The topological polar surface area (TPSA) is 87.6 Å². The van der Waals surface area contributed by atoms with Gasteiger partial charge in [-0.2, -0.15) is 0 Å². The zero-order valence-electron chi connectivity index (χ0n) is 17.9. The maximum atomic E-state index is 12.1. The third-order valence-electron chi connectivity index (χ3n) is 5.22. The van der Waals surface area contributed by atoms with Gasteiger partial charge < -0.3 is 20.7 Å². The Labute approximate surface area is 191 Å². The van der Waals surface area contributed by atoms with E-state index in [1.165, 1.54) is 25.7 Å². The van der Waals surface area contributed by atoms with Crippen molar-refractivity contribution in [3.8, 4) is 0 Å². The lowest BCUT2D eigenvalue weighted by Crippen LogP contribution is -2.39. The van der Waals surface area contributed by atoms with E-state index in [-0.39, 0.29) is 35.3 Å². The van der Waals surface area contributed by atoms with Crippen LogP contribution in [0.1, 0.15) is 51.1 Å². The van der Waals surface area contributed by atoms with Gasteiger partial charge in [0, 0.05) is 45.5 Å². The van der Waals surface area contributed by atoms with E-state index in [4.69, 9.17) is 9.73 Å². The van der Waals surface area contributed by atoms with Gasteiger partial charge in [0.2, 0.25) is 5.91 Å². The fourth-order valence-electron chi connectivity index (χ4n) is 3.63. The fourth-order valence-corrected chi connectivity index (χ4v) is 3.63. The minimum absolute atomic E-state index is 0. The monoisotopic (exact) mass is 517 g/mol. The van der Waals surface area contributed by atoms with Gasteiger partial charge in [-0.3, -0.25) is 9.79 Å². The number of rotatable bonds is 10. The summed E-state index contributed by atoms with van der Waals surface area (Å²) in [6.07, 6.45) is 6.39. The molecule has 1 saturated carbocycles. The number of methoxy groups -OCH3 is 1. The molecule has 1 aromatic rings. The number of pyridine rings is 1. The van der Waals surface area contributed by atoms with E-state index in [0.717, 1.165) is 37.8 Å². The van der Waals surface area contributed by atoms with Crippen LogP contribution in [0.2, 0.25) is 0 Å². The number of guanidine groups is 1. The SMILES string of the molecule is CCNC(=NCC1(CCOC)CCCC1)NCCC(=O)Nc1cccc(C)n1.I. The Balaban J connectivity index is 0.00000420. The molecule has 1 aromatic heterocycles. The number of aliphatic imine (C=N–C) groups is 1. The number of hydrogen-bond donors (Lipinski definition) is 3. The zero-order valence-corrected chi connectivity index (χ0v) is 20.3. The second kappa shape index (κ2) is 13.7. The first-order valence-corrected chi connectivity index (χ1v) is 10.3. The smallest absolute Gasteiger partial charge is 0.227 e. The standard InChI is InChI=1S/C21H35N5O2.HI/c1-4-22-20(24-16-21(13-15-28-3)11-5-6-12-21)23-14-10-19(27)26-18-9-7-8-17(2)25-18;/h7-9H,4-6,10-16H2,1-3H3,(H2,22,23,24)(H,25,26,27);1H. The van der Waals surface area contributed by atoms with E-state index >= 15 is 0 Å². The summed E-state index contributed by atoms with van der Waals surface area (Å²) >= 11 is 0. The van der Waals surface area contributed by atoms with Gasteiger partial charge in [-0.25, -0.2) is 4.98 Å². The molecule has 0 unspecified atom stereocenters.